The van der Waals surface area contributed by atoms with E-state index in [9.17, 15) is 34.8 Å². The van der Waals surface area contributed by atoms with Gasteiger partial charge in [-0.1, -0.05) is 12.1 Å². The molecule has 0 bridgehead atoms. The van der Waals surface area contributed by atoms with Crippen LogP contribution in [-0.4, -0.2) is 88.0 Å². The van der Waals surface area contributed by atoms with E-state index >= 15 is 0 Å². The van der Waals surface area contributed by atoms with Gasteiger partial charge in [0.15, 0.2) is 12.1 Å². The summed E-state index contributed by atoms with van der Waals surface area (Å²) in [6.07, 6.45) is -4.60. The van der Waals surface area contributed by atoms with Crippen molar-refractivity contribution in [1.29, 1.82) is 0 Å². The molecule has 1 heterocycles. The van der Waals surface area contributed by atoms with Crippen molar-refractivity contribution >= 4 is 35.6 Å². The number of ketones is 2. The number of aliphatic hydroxyl groups is 2. The number of halogens is 1. The Bertz CT molecular complexity index is 1870. The molecule has 3 aromatic carbocycles. The highest BCUT2D eigenvalue weighted by molar-refractivity contribution is 6.31. The normalized spacial score (nSPS) is 25.8. The van der Waals surface area contributed by atoms with Crippen LogP contribution in [0.4, 0.5) is 0 Å². The first-order valence-electron chi connectivity index (χ1n) is 15.6. The number of hydrazone groups is 1. The molecule has 14 nitrogen and oxygen atoms in total. The quantitative estimate of drug-likeness (QED) is 0.0926. The molecular weight excluding hydrogens is 674 g/mol. The summed E-state index contributed by atoms with van der Waals surface area (Å²) in [5.74, 6) is -2.62. The number of benzene rings is 3. The molecule has 3 aromatic rings. The number of carbonyl (C=O) groups excluding carboxylic acids is 3. The summed E-state index contributed by atoms with van der Waals surface area (Å²) in [6.45, 7) is 3.08. The van der Waals surface area contributed by atoms with E-state index in [1.807, 2.05) is 0 Å². The average molecular weight is 712 g/mol. The molecule has 1 saturated heterocycles. The van der Waals surface area contributed by atoms with E-state index in [-0.39, 0.29) is 70.9 Å². The van der Waals surface area contributed by atoms with Gasteiger partial charge in [-0.15, -0.1) is 12.4 Å². The number of fused-ring (bicyclic) bond motifs is 3. The number of methoxy groups -OCH3 is 2. The Kier molecular flexibility index (Phi) is 10.3. The predicted molar refractivity (Wildman–Crippen MR) is 180 cm³/mol. The molecule has 15 heteroatoms. The standard InChI is InChI=1S/C35H37N3O11.ClH/c1-15-29(39)21(36)12-24(48-15)49-23-14-35(45,16(2)37-38-34(44)17-8-10-18(46-3)11-9-17)13-20-26(23)33(43)28-27(31(20)41)30(40)19-6-5-7-22(47-4)25(19)32(28)42;/h5-11,15,21,23-24,29,39,41,43,45H,12-14,36H2,1-4H3,(H,38,44);1H/b37-16+;/t15-,21-,23-,24-,29+,35-;/m0./s1. The summed E-state index contributed by atoms with van der Waals surface area (Å²) in [4.78, 5) is 40.6. The van der Waals surface area contributed by atoms with Gasteiger partial charge in [-0.3, -0.25) is 14.4 Å². The maximum absolute atomic E-state index is 13.9. The molecule has 0 unspecified atom stereocenters. The second-order valence-electron chi connectivity index (χ2n) is 12.4. The lowest BCUT2D eigenvalue weighted by Gasteiger charge is -2.42. The van der Waals surface area contributed by atoms with Crippen LogP contribution in [0.1, 0.15) is 86.1 Å². The molecule has 50 heavy (non-hydrogen) atoms. The lowest BCUT2D eigenvalue weighted by Crippen LogP contribution is -2.52. The number of nitrogens with one attached hydrogen (secondary N) is 1. The van der Waals surface area contributed by atoms with Gasteiger partial charge < -0.3 is 45.1 Å². The molecule has 3 aliphatic rings. The van der Waals surface area contributed by atoms with Crippen LogP contribution < -0.4 is 20.6 Å². The molecule has 0 radical (unpaired) electrons. The zero-order chi connectivity index (χ0) is 35.4. The number of phenols is 2. The lowest BCUT2D eigenvalue weighted by molar-refractivity contribution is -0.245. The van der Waals surface area contributed by atoms with Crippen molar-refractivity contribution in [3.8, 4) is 23.0 Å². The number of nitrogens with zero attached hydrogens (tertiary/aromatic N) is 1. The second kappa shape index (κ2) is 14.0. The van der Waals surface area contributed by atoms with Crippen molar-refractivity contribution in [3.63, 3.8) is 0 Å². The number of carbonyl (C=O) groups is 3. The fourth-order valence-corrected chi connectivity index (χ4v) is 6.71. The Morgan fingerprint density at radius 3 is 2.34 bits per heavy atom. The fraction of sp³-hybridized carbons (Fsp3) is 0.371. The molecule has 1 fully saturated rings. The van der Waals surface area contributed by atoms with Gasteiger partial charge >= 0.3 is 0 Å². The first kappa shape index (κ1) is 36.7. The molecule has 7 N–H and O–H groups in total. The van der Waals surface area contributed by atoms with E-state index in [4.69, 9.17) is 24.7 Å². The number of hydrogen-bond acceptors (Lipinski definition) is 13. The van der Waals surface area contributed by atoms with Gasteiger partial charge in [0.25, 0.3) is 5.91 Å². The number of nitrogens with two attached hydrogens (primary N) is 1. The molecule has 1 aliphatic heterocycles. The van der Waals surface area contributed by atoms with Gasteiger partial charge in [0.1, 0.15) is 28.6 Å². The van der Waals surface area contributed by atoms with E-state index in [1.165, 1.54) is 51.5 Å². The number of rotatable bonds is 7. The molecule has 2 aliphatic carbocycles. The number of hydrogen-bond donors (Lipinski definition) is 6. The van der Waals surface area contributed by atoms with Gasteiger partial charge in [-0.05, 0) is 44.2 Å². The summed E-state index contributed by atoms with van der Waals surface area (Å²) >= 11 is 0. The largest absolute Gasteiger partial charge is 0.507 e. The molecule has 1 amide bonds. The fourth-order valence-electron chi connectivity index (χ4n) is 6.71. The zero-order valence-electron chi connectivity index (χ0n) is 27.6. The minimum absolute atomic E-state index is 0. The number of ether oxygens (including phenoxy) is 4. The Labute approximate surface area is 293 Å². The Balaban J connectivity index is 0.00000486. The van der Waals surface area contributed by atoms with Crippen LogP contribution in [0.15, 0.2) is 47.6 Å². The van der Waals surface area contributed by atoms with Crippen molar-refractivity contribution in [2.24, 2.45) is 10.8 Å². The smallest absolute Gasteiger partial charge is 0.271 e. The van der Waals surface area contributed by atoms with Crippen LogP contribution in [0.2, 0.25) is 0 Å². The minimum Gasteiger partial charge on any atom is -0.507 e. The van der Waals surface area contributed by atoms with E-state index in [0.717, 1.165) is 0 Å². The highest BCUT2D eigenvalue weighted by Gasteiger charge is 2.49. The number of aliphatic hydroxyl groups excluding tert-OH is 1. The van der Waals surface area contributed by atoms with Crippen molar-refractivity contribution < 1.29 is 53.8 Å². The van der Waals surface area contributed by atoms with Gasteiger partial charge in [0.2, 0.25) is 5.78 Å². The molecule has 6 rings (SSSR count). The molecular formula is C35H38ClN3O11. The third kappa shape index (κ3) is 6.19. The molecule has 0 saturated carbocycles. The van der Waals surface area contributed by atoms with Gasteiger partial charge in [-0.25, -0.2) is 5.43 Å². The zero-order valence-corrected chi connectivity index (χ0v) is 28.4. The summed E-state index contributed by atoms with van der Waals surface area (Å²) < 4.78 is 22.6. The summed E-state index contributed by atoms with van der Waals surface area (Å²) in [7, 11) is 2.84. The van der Waals surface area contributed by atoms with Crippen LogP contribution in [0.5, 0.6) is 23.0 Å². The number of amides is 1. The molecule has 0 aromatic heterocycles. The molecule has 6 atom stereocenters. The summed E-state index contributed by atoms with van der Waals surface area (Å²) in [5.41, 5.74) is 5.89. The van der Waals surface area contributed by atoms with Gasteiger partial charge in [-0.2, -0.15) is 5.10 Å². The third-order valence-corrected chi connectivity index (χ3v) is 9.49. The van der Waals surface area contributed by atoms with Gasteiger partial charge in [0.05, 0.1) is 54.9 Å². The first-order chi connectivity index (χ1) is 23.3. The van der Waals surface area contributed by atoms with Crippen molar-refractivity contribution in [3.05, 3.63) is 81.4 Å². The van der Waals surface area contributed by atoms with Crippen LogP contribution in [0, 0.1) is 0 Å². The maximum atomic E-state index is 13.9. The predicted octanol–water partition coefficient (Wildman–Crippen LogP) is 2.68. The van der Waals surface area contributed by atoms with Crippen LogP contribution in [0.3, 0.4) is 0 Å². The highest BCUT2D eigenvalue weighted by atomic mass is 35.5. The Morgan fingerprint density at radius 2 is 1.70 bits per heavy atom. The molecule has 0 spiro atoms. The Hall–Kier alpha value is -4.57. The van der Waals surface area contributed by atoms with E-state index in [0.29, 0.717) is 5.75 Å². The first-order valence-corrected chi connectivity index (χ1v) is 15.6. The highest BCUT2D eigenvalue weighted by Crippen LogP contribution is 2.52. The topological polar surface area (TPSA) is 219 Å². The summed E-state index contributed by atoms with van der Waals surface area (Å²) in [6, 6.07) is 10.0. The van der Waals surface area contributed by atoms with Crippen LogP contribution >= 0.6 is 12.4 Å². The van der Waals surface area contributed by atoms with Crippen molar-refractivity contribution in [2.45, 2.75) is 69.4 Å². The molecule has 266 valence electrons. The monoisotopic (exact) mass is 711 g/mol. The SMILES string of the molecule is COc1ccc(C(=O)N/N=C(\C)[C@]2(O)Cc3c(O)c4c(c(O)c3[C@@H](O[C@H]3C[C@H](N)[C@H](O)[C@H](C)O3)C2)C(=O)c2c(OC)cccc2C4=O)cc1.Cl. The van der Waals surface area contributed by atoms with Gasteiger partial charge in [0, 0.05) is 47.6 Å². The lowest BCUT2D eigenvalue weighted by atomic mass is 9.71. The number of phenolic OH excluding ortho intramolecular Hbond substituents is 2. The van der Waals surface area contributed by atoms with E-state index in [1.54, 1.807) is 19.1 Å². The van der Waals surface area contributed by atoms with Crippen LogP contribution in [-0.2, 0) is 15.9 Å². The summed E-state index contributed by atoms with van der Waals surface area (Å²) in [5, 5.41) is 50.1. The Morgan fingerprint density at radius 1 is 1.02 bits per heavy atom. The second-order valence-corrected chi connectivity index (χ2v) is 12.4. The van der Waals surface area contributed by atoms with Crippen LogP contribution in [0.25, 0.3) is 0 Å². The van der Waals surface area contributed by atoms with Crippen molar-refractivity contribution in [1.82, 2.24) is 5.43 Å². The number of aromatic hydroxyl groups is 2. The third-order valence-electron chi connectivity index (χ3n) is 9.49. The van der Waals surface area contributed by atoms with Crippen molar-refractivity contribution in [2.75, 3.05) is 14.2 Å². The average Bonchev–Trinajstić information content (AvgIpc) is 3.09. The minimum atomic E-state index is -1.91. The van der Waals surface area contributed by atoms with E-state index in [2.05, 4.69) is 10.5 Å². The maximum Gasteiger partial charge on any atom is 0.271 e. The van der Waals surface area contributed by atoms with E-state index < -0.39 is 76.3 Å².